The van der Waals surface area contributed by atoms with Crippen LogP contribution in [0.5, 0.6) is 5.75 Å². The van der Waals surface area contributed by atoms with Gasteiger partial charge in [-0.15, -0.1) is 0 Å². The Hall–Kier alpha value is -1.55. The van der Waals surface area contributed by atoms with Crippen LogP contribution in [0.1, 0.15) is 63.0 Å². The third-order valence-electron chi connectivity index (χ3n) is 6.66. The van der Waals surface area contributed by atoms with Gasteiger partial charge in [-0.25, -0.2) is 0 Å². The van der Waals surface area contributed by atoms with E-state index < -0.39 is 5.97 Å². The van der Waals surface area contributed by atoms with Crippen molar-refractivity contribution in [2.24, 2.45) is 17.3 Å². The summed E-state index contributed by atoms with van der Waals surface area (Å²) in [5.74, 6) is 1.66. The number of aryl methyl sites for hydroxylation is 1. The van der Waals surface area contributed by atoms with Crippen LogP contribution in [0.2, 0.25) is 0 Å². The Labute approximate surface area is 143 Å². The second-order valence-electron chi connectivity index (χ2n) is 7.96. The third-order valence-corrected chi connectivity index (χ3v) is 6.66. The average molecular weight is 332 g/mol. The highest BCUT2D eigenvalue weighted by molar-refractivity contribution is 5.62. The largest absolute Gasteiger partial charge is 0.508 e. The number of aliphatic carboxylic acids is 1. The molecule has 5 atom stereocenters. The second-order valence-corrected chi connectivity index (χ2v) is 7.96. The van der Waals surface area contributed by atoms with E-state index >= 15 is 0 Å². The van der Waals surface area contributed by atoms with Crippen molar-refractivity contribution in [1.82, 2.24) is 0 Å². The zero-order valence-electron chi connectivity index (χ0n) is 14.5. The maximum atomic E-state index is 10.4. The molecule has 4 heteroatoms. The van der Waals surface area contributed by atoms with Gasteiger partial charge in [0.05, 0.1) is 6.10 Å². The highest BCUT2D eigenvalue weighted by Gasteiger charge is 2.54. The van der Waals surface area contributed by atoms with Gasteiger partial charge < -0.3 is 15.3 Å². The number of fused-ring (bicyclic) bond motifs is 5. The van der Waals surface area contributed by atoms with Crippen molar-refractivity contribution >= 4 is 5.97 Å². The molecule has 3 aliphatic carbocycles. The Kier molecular flexibility index (Phi) is 4.60. The number of carboxylic acids is 1. The number of aromatic hydroxyl groups is 1. The minimum Gasteiger partial charge on any atom is -0.508 e. The van der Waals surface area contributed by atoms with Crippen LogP contribution in [0.25, 0.3) is 0 Å². The molecule has 0 radical (unpaired) electrons. The predicted octanol–water partition coefficient (Wildman–Crippen LogP) is 3.70. The molecule has 2 saturated carbocycles. The first kappa shape index (κ1) is 17.3. The molecule has 0 saturated heterocycles. The van der Waals surface area contributed by atoms with Crippen LogP contribution in [0.15, 0.2) is 18.2 Å². The van der Waals surface area contributed by atoms with E-state index in [-0.39, 0.29) is 11.5 Å². The number of hydrogen-bond acceptors (Lipinski definition) is 3. The molecule has 1 aromatic rings. The zero-order chi connectivity index (χ0) is 17.5. The summed E-state index contributed by atoms with van der Waals surface area (Å²) in [6.07, 6.45) is 6.78. The summed E-state index contributed by atoms with van der Waals surface area (Å²) in [4.78, 5) is 9.00. The van der Waals surface area contributed by atoms with Crippen LogP contribution in [0.4, 0.5) is 0 Å². The maximum Gasteiger partial charge on any atom is 0.300 e. The van der Waals surface area contributed by atoms with Crippen molar-refractivity contribution in [3.8, 4) is 5.75 Å². The minimum atomic E-state index is -0.833. The molecule has 0 aliphatic heterocycles. The van der Waals surface area contributed by atoms with Crippen molar-refractivity contribution in [2.45, 2.75) is 64.4 Å². The zero-order valence-corrected chi connectivity index (χ0v) is 14.5. The number of carboxylic acid groups (broad SMARTS) is 1. The minimum absolute atomic E-state index is 0.0883. The van der Waals surface area contributed by atoms with Gasteiger partial charge in [0.15, 0.2) is 0 Å². The molecule has 2 fully saturated rings. The van der Waals surface area contributed by atoms with Gasteiger partial charge in [0.1, 0.15) is 5.75 Å². The highest BCUT2D eigenvalue weighted by Crippen LogP contribution is 2.60. The maximum absolute atomic E-state index is 10.4. The molecule has 0 amide bonds. The number of phenols is 1. The van der Waals surface area contributed by atoms with Crippen molar-refractivity contribution in [3.05, 3.63) is 29.3 Å². The van der Waals surface area contributed by atoms with E-state index in [2.05, 4.69) is 13.0 Å². The molecule has 0 aromatic heterocycles. The van der Waals surface area contributed by atoms with Crippen LogP contribution in [-0.4, -0.2) is 27.4 Å². The van der Waals surface area contributed by atoms with E-state index in [9.17, 15) is 10.2 Å². The number of aliphatic hydroxyl groups is 1. The van der Waals surface area contributed by atoms with Gasteiger partial charge in [-0.1, -0.05) is 13.0 Å². The molecular weight excluding hydrogens is 304 g/mol. The Morgan fingerprint density at radius 1 is 1.21 bits per heavy atom. The number of aliphatic hydroxyl groups excluding tert-OH is 1. The number of benzene rings is 1. The van der Waals surface area contributed by atoms with E-state index in [1.54, 1.807) is 0 Å². The first-order chi connectivity index (χ1) is 11.3. The van der Waals surface area contributed by atoms with Crippen molar-refractivity contribution < 1.29 is 20.1 Å². The molecular formula is C20H28O4. The lowest BCUT2D eigenvalue weighted by atomic mass is 9.55. The fraction of sp³-hybridized carbons (Fsp3) is 0.650. The summed E-state index contributed by atoms with van der Waals surface area (Å²) < 4.78 is 0. The molecule has 1 aromatic carbocycles. The molecule has 3 aliphatic rings. The molecule has 24 heavy (non-hydrogen) atoms. The number of rotatable bonds is 0. The molecule has 0 spiro atoms. The summed E-state index contributed by atoms with van der Waals surface area (Å²) in [6.45, 7) is 3.40. The fourth-order valence-electron chi connectivity index (χ4n) is 5.54. The lowest BCUT2D eigenvalue weighted by Crippen LogP contribution is -2.43. The third kappa shape index (κ3) is 2.92. The standard InChI is InChI=1S/C18H24O2.C2H4O2/c1-18-9-8-14-13-5-3-12(19)10-11(13)2-4-15(14)16(18)6-7-17(18)20;1-2(3)4/h3,5,10,14-17,19-20H,2,4,6-9H2,1H3;1H3,(H,3,4)/t14-,15-,16+,17?,18+;/m1./s1. The van der Waals surface area contributed by atoms with Crippen LogP contribution >= 0.6 is 0 Å². The van der Waals surface area contributed by atoms with Crippen molar-refractivity contribution in [1.29, 1.82) is 0 Å². The van der Waals surface area contributed by atoms with Crippen LogP contribution in [0, 0.1) is 17.3 Å². The molecule has 4 rings (SSSR count). The topological polar surface area (TPSA) is 77.8 Å². The molecule has 4 nitrogen and oxygen atoms in total. The highest BCUT2D eigenvalue weighted by atomic mass is 16.4. The fourth-order valence-corrected chi connectivity index (χ4v) is 5.54. The molecule has 1 unspecified atom stereocenters. The number of phenolic OH excluding ortho intramolecular Hbond substituents is 1. The summed E-state index contributed by atoms with van der Waals surface area (Å²) in [7, 11) is 0. The van der Waals surface area contributed by atoms with E-state index in [0.29, 0.717) is 17.6 Å². The Morgan fingerprint density at radius 2 is 1.92 bits per heavy atom. The van der Waals surface area contributed by atoms with E-state index in [4.69, 9.17) is 9.90 Å². The number of carbonyl (C=O) groups is 1. The predicted molar refractivity (Wildman–Crippen MR) is 92.0 cm³/mol. The summed E-state index contributed by atoms with van der Waals surface area (Å²) >= 11 is 0. The smallest absolute Gasteiger partial charge is 0.300 e. The van der Waals surface area contributed by atoms with Crippen LogP contribution < -0.4 is 0 Å². The Balaban J connectivity index is 0.000000383. The molecule has 3 N–H and O–H groups in total. The van der Waals surface area contributed by atoms with Crippen LogP contribution in [-0.2, 0) is 11.2 Å². The molecule has 0 bridgehead atoms. The SMILES string of the molecule is CC(=O)O.C[C@]12CC[C@@H]3c4ccc(O)cc4CC[C@H]3[C@@H]1CCC2O. The Morgan fingerprint density at radius 3 is 2.62 bits per heavy atom. The van der Waals surface area contributed by atoms with E-state index in [0.717, 1.165) is 32.1 Å². The van der Waals surface area contributed by atoms with Gasteiger partial charge in [0.2, 0.25) is 0 Å². The lowest BCUT2D eigenvalue weighted by Gasteiger charge is -2.50. The van der Waals surface area contributed by atoms with Crippen molar-refractivity contribution in [3.63, 3.8) is 0 Å². The van der Waals surface area contributed by atoms with Gasteiger partial charge in [0, 0.05) is 6.92 Å². The van der Waals surface area contributed by atoms with Crippen LogP contribution in [0.3, 0.4) is 0 Å². The number of hydrogen-bond donors (Lipinski definition) is 3. The first-order valence-electron chi connectivity index (χ1n) is 9.02. The Bertz CT molecular complexity index is 622. The van der Waals surface area contributed by atoms with Gasteiger partial charge in [-0.3, -0.25) is 4.79 Å². The normalized spacial score (nSPS) is 36.6. The average Bonchev–Trinajstić information content (AvgIpc) is 2.82. The van der Waals surface area contributed by atoms with Crippen molar-refractivity contribution in [2.75, 3.05) is 0 Å². The lowest BCUT2D eigenvalue weighted by molar-refractivity contribution is -0.134. The van der Waals surface area contributed by atoms with Gasteiger partial charge in [-0.05, 0) is 85.0 Å². The summed E-state index contributed by atoms with van der Waals surface area (Å²) in [6, 6.07) is 5.96. The summed E-state index contributed by atoms with van der Waals surface area (Å²) in [5, 5.41) is 27.5. The van der Waals surface area contributed by atoms with E-state index in [1.807, 2.05) is 12.1 Å². The monoisotopic (exact) mass is 332 g/mol. The van der Waals surface area contributed by atoms with E-state index in [1.165, 1.54) is 30.4 Å². The van der Waals surface area contributed by atoms with Gasteiger partial charge in [-0.2, -0.15) is 0 Å². The second kappa shape index (κ2) is 6.40. The quantitative estimate of drug-likeness (QED) is 0.677. The first-order valence-corrected chi connectivity index (χ1v) is 9.02. The summed E-state index contributed by atoms with van der Waals surface area (Å²) in [5.41, 5.74) is 2.99. The molecule has 132 valence electrons. The van der Waals surface area contributed by atoms with Gasteiger partial charge in [0.25, 0.3) is 5.97 Å². The molecule has 0 heterocycles. The van der Waals surface area contributed by atoms with Gasteiger partial charge >= 0.3 is 0 Å².